The molecule has 1 aromatic carbocycles. The molecule has 0 aliphatic heterocycles. The van der Waals surface area contributed by atoms with E-state index in [4.69, 9.17) is 5.73 Å². The van der Waals surface area contributed by atoms with E-state index in [0.29, 0.717) is 18.0 Å². The van der Waals surface area contributed by atoms with Gasteiger partial charge in [-0.25, -0.2) is 0 Å². The normalized spacial score (nSPS) is 22.8. The van der Waals surface area contributed by atoms with Crippen molar-refractivity contribution in [3.63, 3.8) is 0 Å². The number of nitrogens with two attached hydrogens (primary N) is 1. The van der Waals surface area contributed by atoms with E-state index in [1.165, 1.54) is 0 Å². The first-order valence-electron chi connectivity index (χ1n) is 6.30. The molecular weight excluding hydrogens is 228 g/mol. The van der Waals surface area contributed by atoms with Crippen LogP contribution in [0.15, 0.2) is 24.3 Å². The highest BCUT2D eigenvalue weighted by Gasteiger charge is 2.27. The molecule has 0 unspecified atom stereocenters. The number of primary amides is 1. The Kier molecular flexibility index (Phi) is 3.99. The van der Waals surface area contributed by atoms with E-state index in [1.54, 1.807) is 6.07 Å². The average molecular weight is 248 g/mol. The Bertz CT molecular complexity index is 428. The maximum absolute atomic E-state index is 11.3. The van der Waals surface area contributed by atoms with Crippen molar-refractivity contribution in [2.45, 2.75) is 25.5 Å². The summed E-state index contributed by atoms with van der Waals surface area (Å²) < 4.78 is 0. The van der Waals surface area contributed by atoms with Gasteiger partial charge in [0.25, 0.3) is 0 Å². The predicted octanol–water partition coefficient (Wildman–Crippen LogP) is 0.988. The summed E-state index contributed by atoms with van der Waals surface area (Å²) in [6, 6.07) is 7.44. The summed E-state index contributed by atoms with van der Waals surface area (Å²) in [6.45, 7) is 1.66. The Morgan fingerprint density at radius 1 is 1.44 bits per heavy atom. The Labute approximate surface area is 107 Å². The highest BCUT2D eigenvalue weighted by atomic mass is 16.3. The Hall–Kier alpha value is -1.39. The lowest BCUT2D eigenvalue weighted by Gasteiger charge is -2.34. The summed E-state index contributed by atoms with van der Waals surface area (Å²) in [4.78, 5) is 13.5. The van der Waals surface area contributed by atoms with Crippen LogP contribution in [0.3, 0.4) is 0 Å². The maximum atomic E-state index is 11.3. The highest BCUT2D eigenvalue weighted by Crippen LogP contribution is 2.28. The molecule has 4 heteroatoms. The number of carbonyl (C=O) groups is 1. The van der Waals surface area contributed by atoms with Gasteiger partial charge in [0.05, 0.1) is 6.10 Å². The number of benzene rings is 1. The van der Waals surface area contributed by atoms with Gasteiger partial charge in [-0.1, -0.05) is 18.2 Å². The van der Waals surface area contributed by atoms with Gasteiger partial charge in [-0.05, 0) is 37.4 Å². The molecule has 0 radical (unpaired) electrons. The van der Waals surface area contributed by atoms with Crippen molar-refractivity contribution in [1.82, 2.24) is 4.90 Å². The lowest BCUT2D eigenvalue weighted by molar-refractivity contribution is 0.0273. The van der Waals surface area contributed by atoms with Gasteiger partial charge >= 0.3 is 0 Å². The van der Waals surface area contributed by atoms with Gasteiger partial charge in [-0.15, -0.1) is 0 Å². The minimum atomic E-state index is -0.377. The number of hydrogen-bond acceptors (Lipinski definition) is 3. The SMILES string of the molecule is CN(Cc1ccccc1C(N)=O)CC1CC(O)C1. The van der Waals surface area contributed by atoms with Gasteiger partial charge in [-0.2, -0.15) is 0 Å². The third-order valence-electron chi connectivity index (χ3n) is 3.50. The largest absolute Gasteiger partial charge is 0.393 e. The lowest BCUT2D eigenvalue weighted by atomic mass is 9.82. The van der Waals surface area contributed by atoms with Crippen LogP contribution >= 0.6 is 0 Å². The minimum Gasteiger partial charge on any atom is -0.393 e. The molecule has 1 aromatic rings. The second kappa shape index (κ2) is 5.50. The Balaban J connectivity index is 1.94. The van der Waals surface area contributed by atoms with Gasteiger partial charge in [-0.3, -0.25) is 4.79 Å². The summed E-state index contributed by atoms with van der Waals surface area (Å²) in [5, 5.41) is 9.26. The second-order valence-corrected chi connectivity index (χ2v) is 5.21. The molecule has 18 heavy (non-hydrogen) atoms. The molecule has 1 aliphatic rings. The smallest absolute Gasteiger partial charge is 0.249 e. The molecule has 1 aliphatic carbocycles. The van der Waals surface area contributed by atoms with Crippen molar-refractivity contribution >= 4 is 5.91 Å². The van der Waals surface area contributed by atoms with E-state index in [-0.39, 0.29) is 12.0 Å². The molecule has 4 nitrogen and oxygen atoms in total. The molecule has 0 atom stereocenters. The molecule has 1 saturated carbocycles. The van der Waals surface area contributed by atoms with Gasteiger partial charge in [0.1, 0.15) is 0 Å². The van der Waals surface area contributed by atoms with Crippen molar-refractivity contribution in [1.29, 1.82) is 0 Å². The summed E-state index contributed by atoms with van der Waals surface area (Å²) >= 11 is 0. The molecule has 3 N–H and O–H groups in total. The molecule has 98 valence electrons. The van der Waals surface area contributed by atoms with E-state index in [1.807, 2.05) is 25.2 Å². The van der Waals surface area contributed by atoms with Crippen LogP contribution in [0, 0.1) is 5.92 Å². The topological polar surface area (TPSA) is 66.6 Å². The monoisotopic (exact) mass is 248 g/mol. The van der Waals surface area contributed by atoms with E-state index in [2.05, 4.69) is 4.90 Å². The van der Waals surface area contributed by atoms with Crippen LogP contribution in [0.5, 0.6) is 0 Å². The fraction of sp³-hybridized carbons (Fsp3) is 0.500. The minimum absolute atomic E-state index is 0.110. The number of aliphatic hydroxyl groups is 1. The zero-order valence-electron chi connectivity index (χ0n) is 10.7. The van der Waals surface area contributed by atoms with Gasteiger partial charge in [0.15, 0.2) is 0 Å². The molecule has 1 amide bonds. The van der Waals surface area contributed by atoms with Crippen molar-refractivity contribution in [2.75, 3.05) is 13.6 Å². The number of hydrogen-bond donors (Lipinski definition) is 2. The third kappa shape index (κ3) is 3.09. The molecule has 0 spiro atoms. The van der Waals surface area contributed by atoms with E-state index >= 15 is 0 Å². The standard InChI is InChI=1S/C14H20N2O2/c1-16(8-10-6-12(17)7-10)9-11-4-2-3-5-13(11)14(15)18/h2-5,10,12,17H,6-9H2,1H3,(H2,15,18). The molecule has 1 fully saturated rings. The molecule has 0 bridgehead atoms. The van der Waals surface area contributed by atoms with Gasteiger partial charge in [0.2, 0.25) is 5.91 Å². The van der Waals surface area contributed by atoms with Crippen molar-refractivity contribution < 1.29 is 9.90 Å². The number of carbonyl (C=O) groups excluding carboxylic acids is 1. The molecule has 0 saturated heterocycles. The first-order valence-corrected chi connectivity index (χ1v) is 6.30. The zero-order chi connectivity index (χ0) is 13.1. The van der Waals surface area contributed by atoms with Crippen molar-refractivity contribution in [2.24, 2.45) is 11.7 Å². The van der Waals surface area contributed by atoms with E-state index in [0.717, 1.165) is 24.9 Å². The van der Waals surface area contributed by atoms with Crippen LogP contribution in [0.25, 0.3) is 0 Å². The van der Waals surface area contributed by atoms with Crippen LogP contribution in [-0.2, 0) is 6.54 Å². The fourth-order valence-corrected chi connectivity index (χ4v) is 2.54. The van der Waals surface area contributed by atoms with E-state index in [9.17, 15) is 9.90 Å². The van der Waals surface area contributed by atoms with Gasteiger partial charge in [0, 0.05) is 18.7 Å². The van der Waals surface area contributed by atoms with Crippen molar-refractivity contribution in [3.05, 3.63) is 35.4 Å². The third-order valence-corrected chi connectivity index (χ3v) is 3.50. The Morgan fingerprint density at radius 2 is 2.11 bits per heavy atom. The number of rotatable bonds is 5. The van der Waals surface area contributed by atoms with Crippen LogP contribution in [0.1, 0.15) is 28.8 Å². The molecule has 2 rings (SSSR count). The summed E-state index contributed by atoms with van der Waals surface area (Å²) in [5.41, 5.74) is 6.92. The van der Waals surface area contributed by atoms with Crippen molar-refractivity contribution in [3.8, 4) is 0 Å². The maximum Gasteiger partial charge on any atom is 0.249 e. The molecule has 0 heterocycles. The van der Waals surface area contributed by atoms with E-state index < -0.39 is 0 Å². The average Bonchev–Trinajstić information content (AvgIpc) is 2.27. The van der Waals surface area contributed by atoms with Crippen LogP contribution in [-0.4, -0.2) is 35.6 Å². The van der Waals surface area contributed by atoms with Crippen LogP contribution < -0.4 is 5.73 Å². The highest BCUT2D eigenvalue weighted by molar-refractivity contribution is 5.94. The molecule has 0 aromatic heterocycles. The molecular formula is C14H20N2O2. The summed E-state index contributed by atoms with van der Waals surface area (Å²) in [5.74, 6) is 0.198. The summed E-state index contributed by atoms with van der Waals surface area (Å²) in [7, 11) is 2.03. The number of nitrogens with zero attached hydrogens (tertiary/aromatic N) is 1. The fourth-order valence-electron chi connectivity index (χ4n) is 2.54. The lowest BCUT2D eigenvalue weighted by Crippen LogP contribution is -2.37. The zero-order valence-corrected chi connectivity index (χ0v) is 10.7. The Morgan fingerprint density at radius 3 is 2.72 bits per heavy atom. The quantitative estimate of drug-likeness (QED) is 0.816. The summed E-state index contributed by atoms with van der Waals surface area (Å²) in [6.07, 6.45) is 1.67. The number of aliphatic hydroxyl groups excluding tert-OH is 1. The van der Waals surface area contributed by atoms with Gasteiger partial charge < -0.3 is 15.7 Å². The number of amides is 1. The van der Waals surface area contributed by atoms with Crippen LogP contribution in [0.4, 0.5) is 0 Å². The van der Waals surface area contributed by atoms with Crippen LogP contribution in [0.2, 0.25) is 0 Å². The second-order valence-electron chi connectivity index (χ2n) is 5.21. The first kappa shape index (κ1) is 13.1. The predicted molar refractivity (Wildman–Crippen MR) is 70.0 cm³/mol. The first-order chi connectivity index (χ1) is 8.56.